The molecule has 23 heavy (non-hydrogen) atoms. The molecule has 0 saturated heterocycles. The molecule has 4 nitrogen and oxygen atoms in total. The van der Waals surface area contributed by atoms with Gasteiger partial charge < -0.3 is 5.32 Å². The van der Waals surface area contributed by atoms with Gasteiger partial charge in [-0.05, 0) is 42.8 Å². The minimum Gasteiger partial charge on any atom is -0.326 e. The van der Waals surface area contributed by atoms with Gasteiger partial charge in [-0.3, -0.25) is 9.78 Å². The van der Waals surface area contributed by atoms with E-state index in [0.29, 0.717) is 17.9 Å². The van der Waals surface area contributed by atoms with E-state index in [4.69, 9.17) is 11.6 Å². The van der Waals surface area contributed by atoms with Crippen LogP contribution in [-0.2, 0) is 11.2 Å². The Kier molecular flexibility index (Phi) is 5.00. The van der Waals surface area contributed by atoms with Gasteiger partial charge in [-0.1, -0.05) is 17.7 Å². The van der Waals surface area contributed by atoms with E-state index in [1.165, 1.54) is 11.3 Å². The summed E-state index contributed by atoms with van der Waals surface area (Å²) < 4.78 is 0. The summed E-state index contributed by atoms with van der Waals surface area (Å²) >= 11 is 7.36. The molecule has 0 aliphatic rings. The molecular weight excluding hydrogens is 330 g/mol. The lowest BCUT2D eigenvalue weighted by atomic mass is 10.2. The highest BCUT2D eigenvalue weighted by atomic mass is 35.5. The van der Waals surface area contributed by atoms with Crippen LogP contribution in [-0.4, -0.2) is 15.9 Å². The fourth-order valence-electron chi connectivity index (χ4n) is 2.03. The summed E-state index contributed by atoms with van der Waals surface area (Å²) in [5.74, 6) is -0.0419. The van der Waals surface area contributed by atoms with Crippen molar-refractivity contribution in [3.8, 4) is 10.7 Å². The van der Waals surface area contributed by atoms with Crippen LogP contribution in [0.15, 0.2) is 54.0 Å². The number of amides is 1. The second-order valence-electron chi connectivity index (χ2n) is 4.91. The first-order chi connectivity index (χ1) is 11.2. The normalized spacial score (nSPS) is 10.5. The fraction of sp³-hybridized carbons (Fsp3) is 0.118. The molecule has 0 aliphatic heterocycles. The number of hydrogen-bond donors (Lipinski definition) is 1. The van der Waals surface area contributed by atoms with Gasteiger partial charge in [0, 0.05) is 28.7 Å². The number of nitrogens with zero attached hydrogens (tertiary/aromatic N) is 2. The van der Waals surface area contributed by atoms with Gasteiger partial charge in [-0.15, -0.1) is 11.3 Å². The summed E-state index contributed by atoms with van der Waals surface area (Å²) in [7, 11) is 0. The molecule has 2 aromatic heterocycles. The Balaban J connectivity index is 1.55. The molecule has 1 amide bonds. The molecule has 1 aromatic carbocycles. The third-order valence-corrected chi connectivity index (χ3v) is 4.34. The molecule has 116 valence electrons. The highest BCUT2D eigenvalue weighted by molar-refractivity contribution is 7.13. The van der Waals surface area contributed by atoms with E-state index in [1.54, 1.807) is 30.5 Å². The van der Waals surface area contributed by atoms with Gasteiger partial charge in [0.25, 0.3) is 0 Å². The Labute approximate surface area is 143 Å². The number of benzene rings is 1. The molecular formula is C17H14ClN3OS. The minimum absolute atomic E-state index is 0.0419. The monoisotopic (exact) mass is 343 g/mol. The minimum atomic E-state index is -0.0419. The summed E-state index contributed by atoms with van der Waals surface area (Å²) in [6.45, 7) is 0. The lowest BCUT2D eigenvalue weighted by molar-refractivity contribution is -0.116. The van der Waals surface area contributed by atoms with Crippen LogP contribution in [0.1, 0.15) is 12.1 Å². The van der Waals surface area contributed by atoms with Crippen LogP contribution in [0.4, 0.5) is 5.69 Å². The molecule has 0 atom stereocenters. The number of hydrogen-bond acceptors (Lipinski definition) is 4. The second-order valence-corrected chi connectivity index (χ2v) is 6.21. The zero-order valence-electron chi connectivity index (χ0n) is 12.2. The van der Waals surface area contributed by atoms with E-state index in [0.717, 1.165) is 22.1 Å². The first-order valence-electron chi connectivity index (χ1n) is 7.12. The summed E-state index contributed by atoms with van der Waals surface area (Å²) in [6.07, 6.45) is 2.73. The molecule has 3 aromatic rings. The predicted octanol–water partition coefficient (Wildman–Crippen LogP) is 4.43. The van der Waals surface area contributed by atoms with Gasteiger partial charge in [0.1, 0.15) is 5.01 Å². The van der Waals surface area contributed by atoms with Crippen molar-refractivity contribution in [2.75, 3.05) is 5.32 Å². The second kappa shape index (κ2) is 7.35. The first-order valence-corrected chi connectivity index (χ1v) is 8.38. The first kappa shape index (κ1) is 15.6. The molecule has 6 heteroatoms. The molecule has 0 saturated carbocycles. The van der Waals surface area contributed by atoms with Crippen LogP contribution in [0.3, 0.4) is 0 Å². The van der Waals surface area contributed by atoms with Crippen LogP contribution in [0.5, 0.6) is 0 Å². The highest BCUT2D eigenvalue weighted by Crippen LogP contribution is 2.22. The number of anilines is 1. The lowest BCUT2D eigenvalue weighted by Gasteiger charge is -2.04. The largest absolute Gasteiger partial charge is 0.326 e. The molecule has 0 aliphatic carbocycles. The molecule has 0 spiro atoms. The fourth-order valence-corrected chi connectivity index (χ4v) is 2.98. The molecule has 0 bridgehead atoms. The maximum Gasteiger partial charge on any atom is 0.224 e. The molecule has 0 fully saturated rings. The number of halogens is 1. The van der Waals surface area contributed by atoms with Crippen molar-refractivity contribution in [3.05, 3.63) is 64.8 Å². The van der Waals surface area contributed by atoms with Crippen molar-refractivity contribution < 1.29 is 4.79 Å². The van der Waals surface area contributed by atoms with Crippen molar-refractivity contribution in [2.45, 2.75) is 12.8 Å². The van der Waals surface area contributed by atoms with Gasteiger partial charge >= 0.3 is 0 Å². The van der Waals surface area contributed by atoms with E-state index in [2.05, 4.69) is 15.3 Å². The van der Waals surface area contributed by atoms with Crippen LogP contribution in [0.2, 0.25) is 5.02 Å². The summed E-state index contributed by atoms with van der Waals surface area (Å²) in [5.41, 5.74) is 2.50. The number of aryl methyl sites for hydroxylation is 1. The highest BCUT2D eigenvalue weighted by Gasteiger charge is 2.08. The summed E-state index contributed by atoms with van der Waals surface area (Å²) in [5, 5.41) is 6.34. The van der Waals surface area contributed by atoms with Crippen molar-refractivity contribution >= 4 is 34.5 Å². The van der Waals surface area contributed by atoms with E-state index >= 15 is 0 Å². The smallest absolute Gasteiger partial charge is 0.224 e. The number of nitrogens with one attached hydrogen (secondary N) is 1. The van der Waals surface area contributed by atoms with Gasteiger partial charge in [-0.25, -0.2) is 4.98 Å². The average Bonchev–Trinajstić information content (AvgIpc) is 3.05. The van der Waals surface area contributed by atoms with E-state index in [-0.39, 0.29) is 5.91 Å². The SMILES string of the molecule is O=C(CCc1csc(-c2ccccn2)n1)Nc1ccc(Cl)cc1. The predicted molar refractivity (Wildman–Crippen MR) is 93.7 cm³/mol. The Morgan fingerprint density at radius 3 is 2.74 bits per heavy atom. The zero-order valence-corrected chi connectivity index (χ0v) is 13.8. The topological polar surface area (TPSA) is 54.9 Å². The standard InChI is InChI=1S/C17H14ClN3OS/c18-12-4-6-13(7-5-12)20-16(22)9-8-14-11-23-17(21-14)15-3-1-2-10-19-15/h1-7,10-11H,8-9H2,(H,20,22). The van der Waals surface area contributed by atoms with Gasteiger partial charge in [0.15, 0.2) is 0 Å². The van der Waals surface area contributed by atoms with Crippen molar-refractivity contribution in [2.24, 2.45) is 0 Å². The molecule has 0 radical (unpaired) electrons. The Morgan fingerprint density at radius 1 is 1.17 bits per heavy atom. The quantitative estimate of drug-likeness (QED) is 0.745. The maximum atomic E-state index is 12.0. The summed E-state index contributed by atoms with van der Waals surface area (Å²) in [6, 6.07) is 12.8. The Hall–Kier alpha value is -2.24. The van der Waals surface area contributed by atoms with Gasteiger partial charge in [-0.2, -0.15) is 0 Å². The zero-order chi connectivity index (χ0) is 16.1. The summed E-state index contributed by atoms with van der Waals surface area (Å²) in [4.78, 5) is 20.8. The van der Waals surface area contributed by atoms with Crippen molar-refractivity contribution in [3.63, 3.8) is 0 Å². The van der Waals surface area contributed by atoms with E-state index in [1.807, 2.05) is 23.6 Å². The van der Waals surface area contributed by atoms with Gasteiger partial charge in [0.2, 0.25) is 5.91 Å². The van der Waals surface area contributed by atoms with E-state index < -0.39 is 0 Å². The van der Waals surface area contributed by atoms with Gasteiger partial charge in [0.05, 0.1) is 11.4 Å². The van der Waals surface area contributed by atoms with Crippen LogP contribution in [0.25, 0.3) is 10.7 Å². The molecule has 2 heterocycles. The third-order valence-electron chi connectivity index (χ3n) is 3.17. The van der Waals surface area contributed by atoms with Crippen molar-refractivity contribution in [1.82, 2.24) is 9.97 Å². The van der Waals surface area contributed by atoms with Crippen LogP contribution >= 0.6 is 22.9 Å². The third kappa shape index (κ3) is 4.37. The number of carbonyl (C=O) groups is 1. The molecule has 1 N–H and O–H groups in total. The molecule has 0 unspecified atom stereocenters. The lowest BCUT2D eigenvalue weighted by Crippen LogP contribution is -2.12. The number of aromatic nitrogens is 2. The van der Waals surface area contributed by atoms with Crippen LogP contribution < -0.4 is 5.32 Å². The Bertz CT molecular complexity index is 787. The number of pyridine rings is 1. The Morgan fingerprint density at radius 2 is 2.00 bits per heavy atom. The van der Waals surface area contributed by atoms with Crippen molar-refractivity contribution in [1.29, 1.82) is 0 Å². The average molecular weight is 344 g/mol. The molecule has 3 rings (SSSR count). The van der Waals surface area contributed by atoms with E-state index in [9.17, 15) is 4.79 Å². The van der Waals surface area contributed by atoms with Crippen LogP contribution in [0, 0.1) is 0 Å². The number of carbonyl (C=O) groups excluding carboxylic acids is 1. The number of rotatable bonds is 5. The number of thiazole rings is 1. The maximum absolute atomic E-state index is 12.0.